The Morgan fingerprint density at radius 2 is 2.00 bits per heavy atom. The van der Waals surface area contributed by atoms with Gasteiger partial charge in [-0.2, -0.15) is 5.10 Å². The number of aliphatic hydroxyl groups is 1. The summed E-state index contributed by atoms with van der Waals surface area (Å²) in [6, 6.07) is 10.2. The molecule has 0 fully saturated rings. The quantitative estimate of drug-likeness (QED) is 0.872. The number of hydrogen-bond acceptors (Lipinski definition) is 3. The molecule has 1 aromatic heterocycles. The Hall–Kier alpha value is -1.65. The molecule has 1 aromatic carbocycles. The zero-order chi connectivity index (χ0) is 14.6. The van der Waals surface area contributed by atoms with Crippen LogP contribution in [0.2, 0.25) is 0 Å². The van der Waals surface area contributed by atoms with E-state index in [1.165, 1.54) is 11.1 Å². The third kappa shape index (κ3) is 3.46. The molecule has 0 aliphatic carbocycles. The van der Waals surface area contributed by atoms with E-state index in [0.717, 1.165) is 13.1 Å². The number of aliphatic hydroxyl groups excluding tert-OH is 1. The molecule has 4 heteroatoms. The maximum atomic E-state index is 9.81. The molecule has 108 valence electrons. The van der Waals surface area contributed by atoms with Crippen molar-refractivity contribution in [3.8, 4) is 0 Å². The molecule has 20 heavy (non-hydrogen) atoms. The predicted molar refractivity (Wildman–Crippen MR) is 80.4 cm³/mol. The van der Waals surface area contributed by atoms with E-state index in [4.69, 9.17) is 0 Å². The van der Waals surface area contributed by atoms with Gasteiger partial charge < -0.3 is 10.0 Å². The minimum atomic E-state index is -0.252. The number of rotatable bonds is 6. The fraction of sp³-hybridized carbons (Fsp3) is 0.438. The van der Waals surface area contributed by atoms with Crippen LogP contribution in [-0.4, -0.2) is 40.0 Å². The molecule has 0 saturated heterocycles. The van der Waals surface area contributed by atoms with Crippen LogP contribution >= 0.6 is 0 Å². The Balaban J connectivity index is 2.06. The molecule has 1 unspecified atom stereocenters. The Kier molecular flexibility index (Phi) is 4.57. The van der Waals surface area contributed by atoms with Gasteiger partial charge in [0.1, 0.15) is 0 Å². The minimum Gasteiger partial charge on any atom is -0.395 e. The van der Waals surface area contributed by atoms with Crippen LogP contribution in [0.1, 0.15) is 18.1 Å². The van der Waals surface area contributed by atoms with Gasteiger partial charge in [-0.25, -0.2) is 0 Å². The average molecular weight is 273 g/mol. The van der Waals surface area contributed by atoms with Crippen molar-refractivity contribution in [2.24, 2.45) is 7.05 Å². The SMILES string of the molecule is CN(Cc1cnn(C)c1)CC(C)(CO)c1ccccc1. The maximum Gasteiger partial charge on any atom is 0.0537 e. The maximum absolute atomic E-state index is 9.81. The summed E-state index contributed by atoms with van der Waals surface area (Å²) in [6.45, 7) is 3.86. The highest BCUT2D eigenvalue weighted by atomic mass is 16.3. The average Bonchev–Trinajstić information content (AvgIpc) is 2.84. The lowest BCUT2D eigenvalue weighted by Gasteiger charge is -2.32. The van der Waals surface area contributed by atoms with Gasteiger partial charge in [0.15, 0.2) is 0 Å². The van der Waals surface area contributed by atoms with Gasteiger partial charge in [0, 0.05) is 37.3 Å². The molecule has 0 aliphatic rings. The summed E-state index contributed by atoms with van der Waals surface area (Å²) < 4.78 is 1.81. The van der Waals surface area contributed by atoms with Gasteiger partial charge in [-0.05, 0) is 12.6 Å². The van der Waals surface area contributed by atoms with Gasteiger partial charge in [0.2, 0.25) is 0 Å². The third-order valence-electron chi connectivity index (χ3n) is 3.65. The lowest BCUT2D eigenvalue weighted by molar-refractivity contribution is 0.156. The van der Waals surface area contributed by atoms with Crippen molar-refractivity contribution < 1.29 is 5.11 Å². The molecule has 0 aliphatic heterocycles. The van der Waals surface area contributed by atoms with E-state index in [2.05, 4.69) is 36.1 Å². The Morgan fingerprint density at radius 3 is 2.55 bits per heavy atom. The summed E-state index contributed by atoms with van der Waals surface area (Å²) in [5.74, 6) is 0. The first-order valence-electron chi connectivity index (χ1n) is 6.86. The van der Waals surface area contributed by atoms with Gasteiger partial charge in [0.05, 0.1) is 12.8 Å². The molecular weight excluding hydrogens is 250 g/mol. The summed E-state index contributed by atoms with van der Waals surface area (Å²) in [7, 11) is 4.00. The number of aromatic nitrogens is 2. The molecule has 1 atom stereocenters. The summed E-state index contributed by atoms with van der Waals surface area (Å²) in [4.78, 5) is 2.22. The second-order valence-corrected chi connectivity index (χ2v) is 5.78. The van der Waals surface area contributed by atoms with E-state index in [0.29, 0.717) is 0 Å². The Labute approximate surface area is 120 Å². The molecular formula is C16H23N3O. The molecule has 4 nitrogen and oxygen atoms in total. The van der Waals surface area contributed by atoms with Gasteiger partial charge in [0.25, 0.3) is 0 Å². The predicted octanol–water partition coefficient (Wildman–Crippen LogP) is 1.80. The lowest BCUT2D eigenvalue weighted by atomic mass is 9.83. The first-order chi connectivity index (χ1) is 9.53. The Morgan fingerprint density at radius 1 is 1.30 bits per heavy atom. The van der Waals surface area contributed by atoms with Crippen LogP contribution in [0.15, 0.2) is 42.7 Å². The van der Waals surface area contributed by atoms with Crippen LogP contribution in [0, 0.1) is 0 Å². The molecule has 2 aromatic rings. The second kappa shape index (κ2) is 6.20. The van der Waals surface area contributed by atoms with Crippen molar-refractivity contribution >= 4 is 0 Å². The van der Waals surface area contributed by atoms with Gasteiger partial charge >= 0.3 is 0 Å². The lowest BCUT2D eigenvalue weighted by Crippen LogP contribution is -2.39. The van der Waals surface area contributed by atoms with Gasteiger partial charge in [-0.3, -0.25) is 4.68 Å². The fourth-order valence-electron chi connectivity index (χ4n) is 2.59. The number of hydrogen-bond donors (Lipinski definition) is 1. The zero-order valence-corrected chi connectivity index (χ0v) is 12.5. The summed E-state index contributed by atoms with van der Waals surface area (Å²) in [5.41, 5.74) is 2.10. The second-order valence-electron chi connectivity index (χ2n) is 5.78. The fourth-order valence-corrected chi connectivity index (χ4v) is 2.59. The van der Waals surface area contributed by atoms with Crippen LogP contribution in [0.25, 0.3) is 0 Å². The molecule has 0 amide bonds. The molecule has 0 saturated carbocycles. The van der Waals surface area contributed by atoms with E-state index in [9.17, 15) is 5.11 Å². The van der Waals surface area contributed by atoms with Crippen molar-refractivity contribution in [3.05, 3.63) is 53.9 Å². The van der Waals surface area contributed by atoms with Crippen molar-refractivity contribution in [1.29, 1.82) is 0 Å². The Bertz CT molecular complexity index is 538. The first kappa shape index (κ1) is 14.8. The van der Waals surface area contributed by atoms with Crippen LogP contribution < -0.4 is 0 Å². The topological polar surface area (TPSA) is 41.3 Å². The summed E-state index contributed by atoms with van der Waals surface area (Å²) >= 11 is 0. The van der Waals surface area contributed by atoms with Crippen LogP contribution in [0.5, 0.6) is 0 Å². The smallest absolute Gasteiger partial charge is 0.0537 e. The van der Waals surface area contributed by atoms with Crippen molar-refractivity contribution in [3.63, 3.8) is 0 Å². The minimum absolute atomic E-state index is 0.133. The van der Waals surface area contributed by atoms with Gasteiger partial charge in [-0.15, -0.1) is 0 Å². The van der Waals surface area contributed by atoms with Gasteiger partial charge in [-0.1, -0.05) is 37.3 Å². The van der Waals surface area contributed by atoms with E-state index in [1.807, 2.05) is 42.3 Å². The third-order valence-corrected chi connectivity index (χ3v) is 3.65. The molecule has 1 heterocycles. The number of benzene rings is 1. The van der Waals surface area contributed by atoms with Crippen molar-refractivity contribution in [1.82, 2.24) is 14.7 Å². The number of aryl methyl sites for hydroxylation is 1. The first-order valence-corrected chi connectivity index (χ1v) is 6.86. The van der Waals surface area contributed by atoms with Crippen molar-refractivity contribution in [2.75, 3.05) is 20.2 Å². The summed E-state index contributed by atoms with van der Waals surface area (Å²) in [6.07, 6.45) is 3.91. The molecule has 0 spiro atoms. The largest absolute Gasteiger partial charge is 0.395 e. The highest BCUT2D eigenvalue weighted by Crippen LogP contribution is 2.24. The molecule has 0 bridgehead atoms. The van der Waals surface area contributed by atoms with E-state index >= 15 is 0 Å². The summed E-state index contributed by atoms with van der Waals surface area (Å²) in [5, 5.41) is 14.0. The number of nitrogens with zero attached hydrogens (tertiary/aromatic N) is 3. The van der Waals surface area contributed by atoms with Crippen LogP contribution in [-0.2, 0) is 19.0 Å². The van der Waals surface area contributed by atoms with E-state index in [1.54, 1.807) is 0 Å². The molecule has 1 N–H and O–H groups in total. The van der Waals surface area contributed by atoms with E-state index in [-0.39, 0.29) is 12.0 Å². The molecule has 0 radical (unpaired) electrons. The van der Waals surface area contributed by atoms with E-state index < -0.39 is 0 Å². The highest BCUT2D eigenvalue weighted by Gasteiger charge is 2.27. The molecule has 2 rings (SSSR count). The number of likely N-dealkylation sites (N-methyl/N-ethyl adjacent to an activating group) is 1. The zero-order valence-electron chi connectivity index (χ0n) is 12.5. The van der Waals surface area contributed by atoms with Crippen molar-refractivity contribution in [2.45, 2.75) is 18.9 Å². The van der Waals surface area contributed by atoms with Crippen LogP contribution in [0.4, 0.5) is 0 Å². The highest BCUT2D eigenvalue weighted by molar-refractivity contribution is 5.25. The standard InChI is InChI=1S/C16H23N3O/c1-16(13-20,15-7-5-4-6-8-15)12-18(2)10-14-9-17-19(3)11-14/h4-9,11,20H,10,12-13H2,1-3H3. The van der Waals surface area contributed by atoms with Crippen LogP contribution in [0.3, 0.4) is 0 Å². The monoisotopic (exact) mass is 273 g/mol. The normalized spacial score (nSPS) is 14.4.